The third-order valence-electron chi connectivity index (χ3n) is 3.40. The maximum atomic E-state index is 12.5. The highest BCUT2D eigenvalue weighted by molar-refractivity contribution is 9.10. The quantitative estimate of drug-likeness (QED) is 0.900. The van der Waals surface area contributed by atoms with Crippen molar-refractivity contribution in [3.05, 3.63) is 28.2 Å². The van der Waals surface area contributed by atoms with Gasteiger partial charge in [0, 0.05) is 17.1 Å². The molecule has 1 unspecified atom stereocenters. The highest BCUT2D eigenvalue weighted by Gasteiger charge is 2.32. The van der Waals surface area contributed by atoms with Gasteiger partial charge >= 0.3 is 0 Å². The van der Waals surface area contributed by atoms with Crippen molar-refractivity contribution in [2.45, 2.75) is 50.2 Å². The van der Waals surface area contributed by atoms with Gasteiger partial charge < -0.3 is 4.74 Å². The van der Waals surface area contributed by atoms with Crippen molar-refractivity contribution >= 4 is 26.0 Å². The normalized spacial score (nSPS) is 22.7. The van der Waals surface area contributed by atoms with Crippen LogP contribution in [0.25, 0.3) is 0 Å². The number of ether oxygens (including phenoxy) is 1. The van der Waals surface area contributed by atoms with Crippen LogP contribution >= 0.6 is 15.9 Å². The zero-order valence-electron chi connectivity index (χ0n) is 11.9. The van der Waals surface area contributed by atoms with Gasteiger partial charge in [0.05, 0.1) is 10.5 Å². The molecular weight excluding hydrogens is 342 g/mol. The molecule has 1 aromatic rings. The molecule has 1 aliphatic rings. The van der Waals surface area contributed by atoms with E-state index in [4.69, 9.17) is 4.74 Å². The third kappa shape index (κ3) is 3.81. The molecule has 0 spiro atoms. The first kappa shape index (κ1) is 15.9. The number of hydrogen-bond acceptors (Lipinski definition) is 3. The molecule has 1 aromatic carbocycles. The lowest BCUT2D eigenvalue weighted by Crippen LogP contribution is -2.45. The van der Waals surface area contributed by atoms with Crippen molar-refractivity contribution in [3.63, 3.8) is 0 Å². The molecule has 2 rings (SSSR count). The van der Waals surface area contributed by atoms with Crippen molar-refractivity contribution in [1.82, 2.24) is 4.72 Å². The smallest absolute Gasteiger partial charge is 0.241 e. The van der Waals surface area contributed by atoms with E-state index in [0.717, 1.165) is 5.56 Å². The number of benzene rings is 1. The molecule has 1 fully saturated rings. The van der Waals surface area contributed by atoms with Crippen LogP contribution in [0.15, 0.2) is 27.6 Å². The highest BCUT2D eigenvalue weighted by atomic mass is 79.9. The van der Waals surface area contributed by atoms with E-state index >= 15 is 0 Å². The Kier molecular flexibility index (Phi) is 4.59. The topological polar surface area (TPSA) is 55.4 Å². The second kappa shape index (κ2) is 5.75. The molecule has 0 aliphatic carbocycles. The Bertz CT molecular complexity index is 598. The Balaban J connectivity index is 2.19. The first-order valence-electron chi connectivity index (χ1n) is 6.62. The number of sulfonamides is 1. The fourth-order valence-electron chi connectivity index (χ4n) is 2.44. The third-order valence-corrected chi connectivity index (χ3v) is 5.89. The molecule has 0 amide bonds. The minimum Gasteiger partial charge on any atom is -0.375 e. The van der Waals surface area contributed by atoms with Crippen molar-refractivity contribution in [3.8, 4) is 0 Å². The molecule has 0 bridgehead atoms. The number of hydrogen-bond donors (Lipinski definition) is 1. The van der Waals surface area contributed by atoms with E-state index in [1.54, 1.807) is 12.1 Å². The summed E-state index contributed by atoms with van der Waals surface area (Å²) in [5, 5.41) is 0. The second-order valence-electron chi connectivity index (χ2n) is 5.85. The van der Waals surface area contributed by atoms with Gasteiger partial charge in [-0.1, -0.05) is 6.07 Å². The monoisotopic (exact) mass is 361 g/mol. The van der Waals surface area contributed by atoms with Crippen molar-refractivity contribution < 1.29 is 13.2 Å². The number of rotatable bonds is 3. The average Bonchev–Trinajstić information content (AvgIpc) is 2.25. The van der Waals surface area contributed by atoms with Crippen LogP contribution in [0.3, 0.4) is 0 Å². The van der Waals surface area contributed by atoms with Crippen molar-refractivity contribution in [2.24, 2.45) is 0 Å². The van der Waals surface area contributed by atoms with Gasteiger partial charge in [-0.3, -0.25) is 0 Å². The van der Waals surface area contributed by atoms with Crippen LogP contribution in [0.1, 0.15) is 32.3 Å². The maximum absolute atomic E-state index is 12.5. The highest BCUT2D eigenvalue weighted by Crippen LogP contribution is 2.27. The molecule has 1 N–H and O–H groups in total. The summed E-state index contributed by atoms with van der Waals surface area (Å²) >= 11 is 3.33. The molecule has 20 heavy (non-hydrogen) atoms. The van der Waals surface area contributed by atoms with E-state index < -0.39 is 10.0 Å². The number of halogens is 1. The zero-order valence-corrected chi connectivity index (χ0v) is 14.3. The summed E-state index contributed by atoms with van der Waals surface area (Å²) in [5.41, 5.74) is 0.735. The summed E-state index contributed by atoms with van der Waals surface area (Å²) < 4.78 is 33.9. The van der Waals surface area contributed by atoms with E-state index in [1.165, 1.54) is 0 Å². The number of aryl methyl sites for hydroxylation is 1. The lowest BCUT2D eigenvalue weighted by molar-refractivity contribution is -0.0599. The molecule has 0 saturated carbocycles. The Labute approximate surface area is 129 Å². The van der Waals surface area contributed by atoms with E-state index in [0.29, 0.717) is 23.9 Å². The predicted octanol–water partition coefficient (Wildman–Crippen LogP) is 2.99. The SMILES string of the molecule is Cc1ccc(S(=O)(=O)NC2CCOC(C)(C)C2)c(Br)c1. The van der Waals surface area contributed by atoms with E-state index in [1.807, 2.05) is 26.8 Å². The van der Waals surface area contributed by atoms with Gasteiger partial charge in [-0.25, -0.2) is 13.1 Å². The summed E-state index contributed by atoms with van der Waals surface area (Å²) in [7, 11) is -3.51. The summed E-state index contributed by atoms with van der Waals surface area (Å²) in [4.78, 5) is 0.285. The van der Waals surface area contributed by atoms with Crippen molar-refractivity contribution in [1.29, 1.82) is 0 Å². The van der Waals surface area contributed by atoms with Gasteiger partial charge in [0.25, 0.3) is 0 Å². The molecule has 1 heterocycles. The standard InChI is InChI=1S/C14H20BrNO3S/c1-10-4-5-13(12(15)8-10)20(17,18)16-11-6-7-19-14(2,3)9-11/h4-5,8,11,16H,6-7,9H2,1-3H3. The Morgan fingerprint density at radius 1 is 1.40 bits per heavy atom. The fourth-order valence-corrected chi connectivity index (χ4v) is 4.90. The molecular formula is C14H20BrNO3S. The summed E-state index contributed by atoms with van der Waals surface area (Å²) in [6.07, 6.45) is 1.38. The molecule has 112 valence electrons. The summed E-state index contributed by atoms with van der Waals surface area (Å²) in [6.45, 7) is 6.47. The molecule has 4 nitrogen and oxygen atoms in total. The van der Waals surface area contributed by atoms with Gasteiger partial charge in [-0.15, -0.1) is 0 Å². The Hall–Kier alpha value is -0.430. The first-order valence-corrected chi connectivity index (χ1v) is 8.90. The molecule has 1 aliphatic heterocycles. The molecule has 0 radical (unpaired) electrons. The Morgan fingerprint density at radius 3 is 2.70 bits per heavy atom. The van der Waals surface area contributed by atoms with Gasteiger partial charge in [0.2, 0.25) is 10.0 Å². The van der Waals surface area contributed by atoms with Gasteiger partial charge in [0.15, 0.2) is 0 Å². The molecule has 1 saturated heterocycles. The Morgan fingerprint density at radius 2 is 2.10 bits per heavy atom. The number of nitrogens with one attached hydrogen (secondary N) is 1. The van der Waals surface area contributed by atoms with E-state index in [9.17, 15) is 8.42 Å². The second-order valence-corrected chi connectivity index (χ2v) is 8.39. The predicted molar refractivity (Wildman–Crippen MR) is 82.3 cm³/mol. The lowest BCUT2D eigenvalue weighted by atomic mass is 9.95. The summed E-state index contributed by atoms with van der Waals surface area (Å²) in [6, 6.07) is 5.15. The van der Waals surface area contributed by atoms with Crippen molar-refractivity contribution in [2.75, 3.05) is 6.61 Å². The van der Waals surface area contributed by atoms with E-state index in [-0.39, 0.29) is 16.5 Å². The van der Waals surface area contributed by atoms with Crippen LogP contribution in [-0.2, 0) is 14.8 Å². The molecule has 6 heteroatoms. The molecule has 0 aromatic heterocycles. The van der Waals surface area contributed by atoms with E-state index in [2.05, 4.69) is 20.7 Å². The summed E-state index contributed by atoms with van der Waals surface area (Å²) in [5.74, 6) is 0. The van der Waals surface area contributed by atoms with Crippen LogP contribution in [0, 0.1) is 6.92 Å². The van der Waals surface area contributed by atoms with Gasteiger partial charge in [-0.05, 0) is 67.2 Å². The van der Waals surface area contributed by atoms with Crippen LogP contribution in [0.4, 0.5) is 0 Å². The van der Waals surface area contributed by atoms with Crippen LogP contribution < -0.4 is 4.72 Å². The van der Waals surface area contributed by atoms with Crippen LogP contribution in [0.2, 0.25) is 0 Å². The minimum absolute atomic E-state index is 0.0862. The zero-order chi connectivity index (χ0) is 15.0. The molecule has 1 atom stereocenters. The largest absolute Gasteiger partial charge is 0.375 e. The lowest BCUT2D eigenvalue weighted by Gasteiger charge is -2.35. The average molecular weight is 362 g/mol. The maximum Gasteiger partial charge on any atom is 0.241 e. The fraction of sp³-hybridized carbons (Fsp3) is 0.571. The van der Waals surface area contributed by atoms with Crippen LogP contribution in [-0.4, -0.2) is 26.7 Å². The first-order chi connectivity index (χ1) is 9.20. The van der Waals surface area contributed by atoms with Gasteiger partial charge in [0.1, 0.15) is 0 Å². The minimum atomic E-state index is -3.51. The van der Waals surface area contributed by atoms with Crippen LogP contribution in [0.5, 0.6) is 0 Å². The van der Waals surface area contributed by atoms with Gasteiger partial charge in [-0.2, -0.15) is 0 Å².